The molecule has 1 heterocycles. The van der Waals surface area contributed by atoms with Crippen molar-refractivity contribution in [2.24, 2.45) is 5.92 Å². The standard InChI is InChI=1S/C17H19ClN2O4S/c1-10(2)16(17(22)23)20-14(21)7-12-9-25-15(19-12)8-24-13-5-3-11(18)4-6-13/h3-6,9-10,16H,7-8H2,1-2H3,(H,20,21)(H,22,23)/t16-/m0/s1. The summed E-state index contributed by atoms with van der Waals surface area (Å²) in [6.07, 6.45) is 0.0357. The second kappa shape index (κ2) is 8.82. The van der Waals surface area contributed by atoms with Gasteiger partial charge in [0.05, 0.1) is 12.1 Å². The number of nitrogens with one attached hydrogen (secondary N) is 1. The maximum atomic E-state index is 12.0. The molecule has 2 rings (SSSR count). The van der Waals surface area contributed by atoms with Crippen molar-refractivity contribution in [3.63, 3.8) is 0 Å². The average molecular weight is 383 g/mol. The number of thiazole rings is 1. The lowest BCUT2D eigenvalue weighted by molar-refractivity contribution is -0.143. The van der Waals surface area contributed by atoms with E-state index in [1.54, 1.807) is 43.5 Å². The van der Waals surface area contributed by atoms with E-state index in [-0.39, 0.29) is 24.9 Å². The number of carbonyl (C=O) groups excluding carboxylic acids is 1. The highest BCUT2D eigenvalue weighted by atomic mass is 35.5. The Hall–Kier alpha value is -2.12. The van der Waals surface area contributed by atoms with Crippen molar-refractivity contribution in [1.29, 1.82) is 0 Å². The minimum absolute atomic E-state index is 0.0357. The molecule has 25 heavy (non-hydrogen) atoms. The van der Waals surface area contributed by atoms with E-state index in [9.17, 15) is 9.59 Å². The molecule has 0 bridgehead atoms. The number of hydrogen-bond donors (Lipinski definition) is 2. The lowest BCUT2D eigenvalue weighted by atomic mass is 10.0. The monoisotopic (exact) mass is 382 g/mol. The number of carboxylic acids is 1. The smallest absolute Gasteiger partial charge is 0.326 e. The fourth-order valence-corrected chi connectivity index (χ4v) is 2.91. The zero-order valence-electron chi connectivity index (χ0n) is 13.9. The van der Waals surface area contributed by atoms with Crippen LogP contribution in [0.15, 0.2) is 29.6 Å². The molecule has 0 aliphatic rings. The van der Waals surface area contributed by atoms with Crippen LogP contribution in [0, 0.1) is 5.92 Å². The van der Waals surface area contributed by atoms with Crippen molar-refractivity contribution in [3.8, 4) is 5.75 Å². The number of carboxylic acid groups (broad SMARTS) is 1. The van der Waals surface area contributed by atoms with Crippen LogP contribution in [0.25, 0.3) is 0 Å². The highest BCUT2D eigenvalue weighted by Crippen LogP contribution is 2.18. The van der Waals surface area contributed by atoms with Gasteiger partial charge in [0.1, 0.15) is 23.4 Å². The molecule has 0 aliphatic heterocycles. The molecule has 0 fully saturated rings. The number of rotatable bonds is 8. The molecule has 0 aliphatic carbocycles. The molecule has 0 spiro atoms. The fraction of sp³-hybridized carbons (Fsp3) is 0.353. The predicted molar refractivity (Wildman–Crippen MR) is 96.0 cm³/mol. The van der Waals surface area contributed by atoms with Crippen LogP contribution in [0.2, 0.25) is 5.02 Å². The number of halogens is 1. The Labute approximate surface area is 154 Å². The third-order valence-electron chi connectivity index (χ3n) is 3.37. The Kier molecular flexibility index (Phi) is 6.78. The molecule has 1 atom stereocenters. The third-order valence-corrected chi connectivity index (χ3v) is 4.49. The van der Waals surface area contributed by atoms with Gasteiger partial charge in [0.25, 0.3) is 0 Å². The highest BCUT2D eigenvalue weighted by molar-refractivity contribution is 7.09. The molecule has 2 N–H and O–H groups in total. The quantitative estimate of drug-likeness (QED) is 0.732. The van der Waals surface area contributed by atoms with Crippen molar-refractivity contribution >= 4 is 34.8 Å². The molecule has 6 nitrogen and oxygen atoms in total. The molecule has 0 saturated carbocycles. The van der Waals surface area contributed by atoms with Gasteiger partial charge in [0.2, 0.25) is 5.91 Å². The lowest BCUT2D eigenvalue weighted by Crippen LogP contribution is -2.44. The minimum Gasteiger partial charge on any atom is -0.486 e. The van der Waals surface area contributed by atoms with Crippen LogP contribution >= 0.6 is 22.9 Å². The number of aromatic nitrogens is 1. The summed E-state index contributed by atoms with van der Waals surface area (Å²) in [5, 5.41) is 14.8. The highest BCUT2D eigenvalue weighted by Gasteiger charge is 2.23. The summed E-state index contributed by atoms with van der Waals surface area (Å²) in [5.74, 6) is -0.921. The van der Waals surface area contributed by atoms with Crippen molar-refractivity contribution in [3.05, 3.63) is 45.4 Å². The van der Waals surface area contributed by atoms with E-state index in [1.165, 1.54) is 11.3 Å². The van der Waals surface area contributed by atoms with Crippen LogP contribution < -0.4 is 10.1 Å². The topological polar surface area (TPSA) is 88.5 Å². The van der Waals surface area contributed by atoms with Crippen molar-refractivity contribution in [2.75, 3.05) is 0 Å². The summed E-state index contributed by atoms with van der Waals surface area (Å²) in [5.41, 5.74) is 0.588. The number of aliphatic carboxylic acids is 1. The Bertz CT molecular complexity index is 731. The van der Waals surface area contributed by atoms with Gasteiger partial charge in [-0.15, -0.1) is 11.3 Å². The largest absolute Gasteiger partial charge is 0.486 e. The van der Waals surface area contributed by atoms with Gasteiger partial charge in [-0.3, -0.25) is 4.79 Å². The summed E-state index contributed by atoms with van der Waals surface area (Å²) < 4.78 is 5.60. The lowest BCUT2D eigenvalue weighted by Gasteiger charge is -2.17. The van der Waals surface area contributed by atoms with Crippen molar-refractivity contribution < 1.29 is 19.4 Å². The molecule has 134 valence electrons. The van der Waals surface area contributed by atoms with E-state index >= 15 is 0 Å². The maximum Gasteiger partial charge on any atom is 0.326 e. The summed E-state index contributed by atoms with van der Waals surface area (Å²) >= 11 is 7.20. The van der Waals surface area contributed by atoms with Crippen LogP contribution in [-0.4, -0.2) is 28.0 Å². The third kappa shape index (κ3) is 6.03. The van der Waals surface area contributed by atoms with E-state index in [1.807, 2.05) is 0 Å². The van der Waals surface area contributed by atoms with Gasteiger partial charge in [0.15, 0.2) is 0 Å². The van der Waals surface area contributed by atoms with Crippen LogP contribution in [-0.2, 0) is 22.6 Å². The Morgan fingerprint density at radius 1 is 1.32 bits per heavy atom. The van der Waals surface area contributed by atoms with Gasteiger partial charge in [0, 0.05) is 10.4 Å². The van der Waals surface area contributed by atoms with Crippen LogP contribution in [0.3, 0.4) is 0 Å². The van der Waals surface area contributed by atoms with Gasteiger partial charge < -0.3 is 15.2 Å². The predicted octanol–water partition coefficient (Wildman–Crippen LogP) is 3.14. The SMILES string of the molecule is CC(C)[C@H](NC(=O)Cc1csc(COc2ccc(Cl)cc2)n1)C(=O)O. The molecule has 0 unspecified atom stereocenters. The van der Waals surface area contributed by atoms with Gasteiger partial charge in [-0.1, -0.05) is 25.4 Å². The number of amides is 1. The van der Waals surface area contributed by atoms with Crippen molar-refractivity contribution in [1.82, 2.24) is 10.3 Å². The zero-order chi connectivity index (χ0) is 18.4. The molecular weight excluding hydrogens is 364 g/mol. The Balaban J connectivity index is 1.87. The van der Waals surface area contributed by atoms with E-state index < -0.39 is 12.0 Å². The molecular formula is C17H19ClN2O4S. The number of hydrogen-bond acceptors (Lipinski definition) is 5. The molecule has 1 aromatic carbocycles. The number of benzene rings is 1. The first-order valence-corrected chi connectivity index (χ1v) is 8.94. The summed E-state index contributed by atoms with van der Waals surface area (Å²) in [6, 6.07) is 6.10. The fourth-order valence-electron chi connectivity index (χ4n) is 2.07. The summed E-state index contributed by atoms with van der Waals surface area (Å²) in [7, 11) is 0. The van der Waals surface area contributed by atoms with E-state index in [4.69, 9.17) is 21.4 Å². The molecule has 8 heteroatoms. The first-order valence-electron chi connectivity index (χ1n) is 7.69. The summed E-state index contributed by atoms with van der Waals surface area (Å²) in [6.45, 7) is 3.78. The second-order valence-electron chi connectivity index (χ2n) is 5.78. The van der Waals surface area contributed by atoms with Gasteiger partial charge in [-0.2, -0.15) is 0 Å². The number of ether oxygens (including phenoxy) is 1. The second-order valence-corrected chi connectivity index (χ2v) is 7.16. The minimum atomic E-state index is -1.04. The Morgan fingerprint density at radius 2 is 2.00 bits per heavy atom. The molecule has 0 radical (unpaired) electrons. The van der Waals surface area contributed by atoms with E-state index in [0.29, 0.717) is 16.5 Å². The molecule has 1 amide bonds. The number of carbonyl (C=O) groups is 2. The van der Waals surface area contributed by atoms with Gasteiger partial charge in [-0.05, 0) is 30.2 Å². The van der Waals surface area contributed by atoms with E-state index in [0.717, 1.165) is 5.01 Å². The van der Waals surface area contributed by atoms with Crippen LogP contribution in [0.5, 0.6) is 5.75 Å². The van der Waals surface area contributed by atoms with E-state index in [2.05, 4.69) is 10.3 Å². The van der Waals surface area contributed by atoms with Gasteiger partial charge >= 0.3 is 5.97 Å². The Morgan fingerprint density at radius 3 is 2.60 bits per heavy atom. The van der Waals surface area contributed by atoms with Crippen molar-refractivity contribution in [2.45, 2.75) is 32.9 Å². The first-order chi connectivity index (χ1) is 11.8. The first kappa shape index (κ1) is 19.2. The zero-order valence-corrected chi connectivity index (χ0v) is 15.4. The molecule has 2 aromatic rings. The number of nitrogens with zero attached hydrogens (tertiary/aromatic N) is 1. The van der Waals surface area contributed by atoms with Crippen LogP contribution in [0.4, 0.5) is 0 Å². The molecule has 0 saturated heterocycles. The average Bonchev–Trinajstić information content (AvgIpc) is 2.99. The van der Waals surface area contributed by atoms with Crippen LogP contribution in [0.1, 0.15) is 24.5 Å². The van der Waals surface area contributed by atoms with Gasteiger partial charge in [-0.25, -0.2) is 9.78 Å². The maximum absolute atomic E-state index is 12.0. The summed E-state index contributed by atoms with van der Waals surface area (Å²) in [4.78, 5) is 27.5. The normalized spacial score (nSPS) is 12.0. The molecule has 1 aromatic heterocycles.